The highest BCUT2D eigenvalue weighted by atomic mass is 16.6. The number of nitro groups is 1. The molecule has 0 unspecified atom stereocenters. The van der Waals surface area contributed by atoms with E-state index >= 15 is 0 Å². The molecule has 2 aromatic rings. The van der Waals surface area contributed by atoms with Crippen LogP contribution in [-0.2, 0) is 4.79 Å². The van der Waals surface area contributed by atoms with Gasteiger partial charge in [-0.15, -0.1) is 0 Å². The van der Waals surface area contributed by atoms with E-state index in [4.69, 9.17) is 5.11 Å². The summed E-state index contributed by atoms with van der Waals surface area (Å²) in [6.07, 6.45) is 1.40. The van der Waals surface area contributed by atoms with E-state index in [2.05, 4.69) is 10.6 Å². The van der Waals surface area contributed by atoms with Gasteiger partial charge < -0.3 is 15.7 Å². The van der Waals surface area contributed by atoms with Crippen LogP contribution in [0.2, 0.25) is 0 Å². The van der Waals surface area contributed by atoms with Gasteiger partial charge in [0.05, 0.1) is 11.5 Å². The molecule has 2 rings (SSSR count). The largest absolute Gasteiger partial charge is 0.395 e. The summed E-state index contributed by atoms with van der Waals surface area (Å²) in [5, 5.41) is 24.5. The molecule has 0 aliphatic rings. The molecular weight excluding hydrogens is 338 g/mol. The molecule has 2 amide bonds. The zero-order valence-electron chi connectivity index (χ0n) is 13.7. The van der Waals surface area contributed by atoms with Crippen molar-refractivity contribution in [3.05, 3.63) is 81.5 Å². The molecule has 0 radical (unpaired) electrons. The first-order chi connectivity index (χ1) is 12.5. The summed E-state index contributed by atoms with van der Waals surface area (Å²) in [4.78, 5) is 34.7. The Bertz CT molecular complexity index is 816. The molecule has 0 aromatic heterocycles. The van der Waals surface area contributed by atoms with Crippen molar-refractivity contribution in [1.82, 2.24) is 10.6 Å². The van der Waals surface area contributed by atoms with Crippen molar-refractivity contribution in [1.29, 1.82) is 0 Å². The third-order valence-corrected chi connectivity index (χ3v) is 3.34. The van der Waals surface area contributed by atoms with Crippen LogP contribution >= 0.6 is 0 Å². The Morgan fingerprint density at radius 3 is 2.31 bits per heavy atom. The number of rotatable bonds is 7. The van der Waals surface area contributed by atoms with Gasteiger partial charge in [0.15, 0.2) is 0 Å². The highest BCUT2D eigenvalue weighted by Gasteiger charge is 2.14. The number of aliphatic hydroxyl groups excluding tert-OH is 1. The SMILES string of the molecule is O=C(NCCO)/C(=C\c1ccc([N+](=O)[O-])cc1)NC(=O)c1ccccc1. The summed E-state index contributed by atoms with van der Waals surface area (Å²) in [7, 11) is 0. The first kappa shape index (κ1) is 18.8. The van der Waals surface area contributed by atoms with Crippen LogP contribution in [-0.4, -0.2) is 35.0 Å². The number of carbonyl (C=O) groups excluding carboxylic acids is 2. The summed E-state index contributed by atoms with van der Waals surface area (Å²) in [6, 6.07) is 13.9. The maximum absolute atomic E-state index is 12.3. The smallest absolute Gasteiger partial charge is 0.269 e. The molecule has 134 valence electrons. The Balaban J connectivity index is 2.26. The number of amides is 2. The summed E-state index contributed by atoms with van der Waals surface area (Å²) in [5.74, 6) is -1.06. The molecular formula is C18H17N3O5. The number of benzene rings is 2. The fourth-order valence-corrected chi connectivity index (χ4v) is 2.07. The molecule has 0 heterocycles. The van der Waals surface area contributed by atoms with Crippen molar-refractivity contribution in [2.75, 3.05) is 13.2 Å². The molecule has 8 nitrogen and oxygen atoms in total. The van der Waals surface area contributed by atoms with Gasteiger partial charge in [-0.05, 0) is 35.9 Å². The number of non-ortho nitro benzene ring substituents is 1. The Kier molecular flexibility index (Phi) is 6.58. The molecule has 0 bridgehead atoms. The van der Waals surface area contributed by atoms with Gasteiger partial charge in [0.1, 0.15) is 5.70 Å². The van der Waals surface area contributed by atoms with Crippen molar-refractivity contribution >= 4 is 23.6 Å². The Hall–Kier alpha value is -3.52. The molecule has 0 saturated carbocycles. The summed E-state index contributed by atoms with van der Waals surface area (Å²) >= 11 is 0. The lowest BCUT2D eigenvalue weighted by Crippen LogP contribution is -2.36. The third kappa shape index (κ3) is 5.25. The van der Waals surface area contributed by atoms with Gasteiger partial charge in [0, 0.05) is 24.2 Å². The van der Waals surface area contributed by atoms with Crippen molar-refractivity contribution in [3.8, 4) is 0 Å². The predicted molar refractivity (Wildman–Crippen MR) is 95.1 cm³/mol. The summed E-state index contributed by atoms with van der Waals surface area (Å²) in [6.45, 7) is -0.221. The topological polar surface area (TPSA) is 122 Å². The maximum atomic E-state index is 12.3. The quantitative estimate of drug-likeness (QED) is 0.394. The van der Waals surface area contributed by atoms with E-state index < -0.39 is 16.7 Å². The number of nitro benzene ring substituents is 1. The lowest BCUT2D eigenvalue weighted by Gasteiger charge is -2.10. The summed E-state index contributed by atoms with van der Waals surface area (Å²) < 4.78 is 0. The molecule has 0 fully saturated rings. The second kappa shape index (κ2) is 9.09. The van der Waals surface area contributed by atoms with Crippen molar-refractivity contribution in [2.24, 2.45) is 0 Å². The van der Waals surface area contributed by atoms with Gasteiger partial charge in [0.25, 0.3) is 17.5 Å². The van der Waals surface area contributed by atoms with Gasteiger partial charge >= 0.3 is 0 Å². The average Bonchev–Trinajstić information content (AvgIpc) is 2.66. The van der Waals surface area contributed by atoms with Crippen LogP contribution in [0, 0.1) is 10.1 Å². The van der Waals surface area contributed by atoms with Crippen molar-refractivity contribution in [3.63, 3.8) is 0 Å². The minimum absolute atomic E-state index is 0.0254. The van der Waals surface area contributed by atoms with E-state index in [9.17, 15) is 19.7 Å². The maximum Gasteiger partial charge on any atom is 0.269 e. The zero-order valence-corrected chi connectivity index (χ0v) is 13.7. The fraction of sp³-hybridized carbons (Fsp3) is 0.111. The van der Waals surface area contributed by atoms with E-state index in [1.165, 1.54) is 30.3 Å². The fourth-order valence-electron chi connectivity index (χ4n) is 2.07. The van der Waals surface area contributed by atoms with Gasteiger partial charge in [-0.2, -0.15) is 0 Å². The standard InChI is InChI=1S/C18H17N3O5/c22-11-10-19-18(24)16(20-17(23)14-4-2-1-3-5-14)12-13-6-8-15(9-7-13)21(25)26/h1-9,12,22H,10-11H2,(H,19,24)(H,20,23)/b16-12+. The van der Waals surface area contributed by atoms with E-state index in [1.54, 1.807) is 30.3 Å². The minimum Gasteiger partial charge on any atom is -0.395 e. The van der Waals surface area contributed by atoms with Crippen LogP contribution in [0.4, 0.5) is 5.69 Å². The normalized spacial score (nSPS) is 10.9. The number of aliphatic hydroxyl groups is 1. The highest BCUT2D eigenvalue weighted by molar-refractivity contribution is 6.05. The van der Waals surface area contributed by atoms with E-state index in [0.29, 0.717) is 11.1 Å². The van der Waals surface area contributed by atoms with E-state index in [-0.39, 0.29) is 24.5 Å². The summed E-state index contributed by atoms with van der Waals surface area (Å²) in [5.41, 5.74) is 0.748. The van der Waals surface area contributed by atoms with E-state index in [0.717, 1.165) is 0 Å². The van der Waals surface area contributed by atoms with Gasteiger partial charge in [-0.3, -0.25) is 19.7 Å². The Morgan fingerprint density at radius 1 is 1.08 bits per heavy atom. The lowest BCUT2D eigenvalue weighted by molar-refractivity contribution is -0.384. The van der Waals surface area contributed by atoms with Crippen LogP contribution < -0.4 is 10.6 Å². The Labute approximate surface area is 149 Å². The van der Waals surface area contributed by atoms with Gasteiger partial charge in [0.2, 0.25) is 0 Å². The zero-order chi connectivity index (χ0) is 18.9. The molecule has 0 aliphatic carbocycles. The molecule has 0 atom stereocenters. The number of hydrogen-bond donors (Lipinski definition) is 3. The predicted octanol–water partition coefficient (Wildman–Crippen LogP) is 1.47. The van der Waals surface area contributed by atoms with Crippen LogP contribution in [0.15, 0.2) is 60.3 Å². The lowest BCUT2D eigenvalue weighted by atomic mass is 10.1. The molecule has 8 heteroatoms. The molecule has 0 saturated heterocycles. The van der Waals surface area contributed by atoms with Crippen molar-refractivity contribution in [2.45, 2.75) is 0 Å². The van der Waals surface area contributed by atoms with Crippen LogP contribution in [0.5, 0.6) is 0 Å². The molecule has 3 N–H and O–H groups in total. The number of hydrogen-bond acceptors (Lipinski definition) is 5. The number of nitrogens with one attached hydrogen (secondary N) is 2. The van der Waals surface area contributed by atoms with Gasteiger partial charge in [-0.25, -0.2) is 0 Å². The monoisotopic (exact) mass is 355 g/mol. The first-order valence-corrected chi connectivity index (χ1v) is 7.73. The second-order valence-electron chi connectivity index (χ2n) is 5.21. The van der Waals surface area contributed by atoms with E-state index in [1.807, 2.05) is 0 Å². The number of nitrogens with zero attached hydrogens (tertiary/aromatic N) is 1. The molecule has 0 spiro atoms. The van der Waals surface area contributed by atoms with Gasteiger partial charge in [-0.1, -0.05) is 18.2 Å². The highest BCUT2D eigenvalue weighted by Crippen LogP contribution is 2.14. The molecule has 2 aromatic carbocycles. The molecule has 26 heavy (non-hydrogen) atoms. The van der Waals surface area contributed by atoms with Crippen LogP contribution in [0.3, 0.4) is 0 Å². The van der Waals surface area contributed by atoms with Crippen LogP contribution in [0.25, 0.3) is 6.08 Å². The second-order valence-corrected chi connectivity index (χ2v) is 5.21. The minimum atomic E-state index is -0.582. The Morgan fingerprint density at radius 2 is 1.73 bits per heavy atom. The molecule has 0 aliphatic heterocycles. The van der Waals surface area contributed by atoms with Crippen LogP contribution in [0.1, 0.15) is 15.9 Å². The number of carbonyl (C=O) groups is 2. The van der Waals surface area contributed by atoms with Crippen molar-refractivity contribution < 1.29 is 19.6 Å². The first-order valence-electron chi connectivity index (χ1n) is 7.73. The average molecular weight is 355 g/mol. The third-order valence-electron chi connectivity index (χ3n) is 3.34.